The molecule has 0 amide bonds. The van der Waals surface area contributed by atoms with E-state index in [1.807, 2.05) is 31.2 Å². The van der Waals surface area contributed by atoms with Gasteiger partial charge in [0.05, 0.1) is 18.7 Å². The third kappa shape index (κ3) is 1.58. The van der Waals surface area contributed by atoms with Gasteiger partial charge in [-0.2, -0.15) is 0 Å². The number of fused-ring (bicyclic) bond motifs is 1. The van der Waals surface area contributed by atoms with Crippen molar-refractivity contribution in [1.29, 1.82) is 0 Å². The summed E-state index contributed by atoms with van der Waals surface area (Å²) in [5, 5.41) is 0.917. The van der Waals surface area contributed by atoms with Crippen LogP contribution in [0.4, 0.5) is 0 Å². The van der Waals surface area contributed by atoms with Gasteiger partial charge in [-0.05, 0) is 19.1 Å². The van der Waals surface area contributed by atoms with Gasteiger partial charge in [0.25, 0.3) is 5.89 Å². The maximum atomic E-state index is 5.67. The van der Waals surface area contributed by atoms with Crippen LogP contribution in [-0.4, -0.2) is 12.1 Å². The van der Waals surface area contributed by atoms with Crippen molar-refractivity contribution < 1.29 is 13.6 Å². The highest BCUT2D eigenvalue weighted by Crippen LogP contribution is 2.32. The number of ether oxygens (including phenoxy) is 1. The third-order valence-electron chi connectivity index (χ3n) is 2.57. The van der Waals surface area contributed by atoms with Crippen molar-refractivity contribution in [3.63, 3.8) is 0 Å². The summed E-state index contributed by atoms with van der Waals surface area (Å²) in [5.74, 6) is 2.63. The monoisotopic (exact) mass is 229 g/mol. The molecular formula is C13H11NO3. The normalized spacial score (nSPS) is 10.9. The van der Waals surface area contributed by atoms with E-state index in [9.17, 15) is 0 Å². The van der Waals surface area contributed by atoms with Crippen LogP contribution in [0.25, 0.3) is 22.6 Å². The van der Waals surface area contributed by atoms with Crippen molar-refractivity contribution in [2.75, 3.05) is 7.11 Å². The van der Waals surface area contributed by atoms with Crippen LogP contribution in [0.5, 0.6) is 5.75 Å². The summed E-state index contributed by atoms with van der Waals surface area (Å²) in [4.78, 5) is 4.14. The van der Waals surface area contributed by atoms with Gasteiger partial charge in [0.2, 0.25) is 0 Å². The van der Waals surface area contributed by atoms with Gasteiger partial charge in [-0.3, -0.25) is 0 Å². The lowest BCUT2D eigenvalue weighted by molar-refractivity contribution is 0.419. The number of nitrogens with zero attached hydrogens (tertiary/aromatic N) is 1. The van der Waals surface area contributed by atoms with Crippen LogP contribution >= 0.6 is 0 Å². The number of rotatable bonds is 2. The minimum atomic E-state index is 0.487. The quantitative estimate of drug-likeness (QED) is 0.675. The second-order valence-electron chi connectivity index (χ2n) is 3.76. The van der Waals surface area contributed by atoms with Crippen LogP contribution in [0.2, 0.25) is 0 Å². The third-order valence-corrected chi connectivity index (χ3v) is 2.57. The van der Waals surface area contributed by atoms with Crippen LogP contribution in [0.15, 0.2) is 39.3 Å². The number of oxazole rings is 1. The van der Waals surface area contributed by atoms with Crippen LogP contribution in [0.3, 0.4) is 0 Å². The standard InChI is InChI=1S/C13H11NO3/c1-8-7-14-13(16-8)12-6-9-10(15-2)4-3-5-11(9)17-12/h3-7H,1-2H3. The van der Waals surface area contributed by atoms with Gasteiger partial charge in [0.15, 0.2) is 5.76 Å². The van der Waals surface area contributed by atoms with Crippen molar-refractivity contribution in [2.45, 2.75) is 6.92 Å². The molecule has 2 aromatic heterocycles. The molecule has 0 aliphatic heterocycles. The zero-order valence-corrected chi connectivity index (χ0v) is 9.56. The molecule has 3 aromatic rings. The molecule has 4 heteroatoms. The molecule has 0 atom stereocenters. The van der Waals surface area contributed by atoms with Gasteiger partial charge in [-0.1, -0.05) is 6.07 Å². The van der Waals surface area contributed by atoms with E-state index in [4.69, 9.17) is 13.6 Å². The van der Waals surface area contributed by atoms with E-state index in [-0.39, 0.29) is 0 Å². The molecule has 17 heavy (non-hydrogen) atoms. The van der Waals surface area contributed by atoms with E-state index in [1.165, 1.54) is 0 Å². The molecular weight excluding hydrogens is 218 g/mol. The Morgan fingerprint density at radius 1 is 1.24 bits per heavy atom. The molecule has 0 N–H and O–H groups in total. The van der Waals surface area contributed by atoms with E-state index in [1.54, 1.807) is 13.3 Å². The molecule has 1 aromatic carbocycles. The first-order valence-electron chi connectivity index (χ1n) is 5.27. The molecule has 0 bridgehead atoms. The van der Waals surface area contributed by atoms with Crippen LogP contribution in [-0.2, 0) is 0 Å². The van der Waals surface area contributed by atoms with E-state index < -0.39 is 0 Å². The zero-order chi connectivity index (χ0) is 11.8. The predicted octanol–water partition coefficient (Wildman–Crippen LogP) is 3.40. The van der Waals surface area contributed by atoms with E-state index in [0.717, 1.165) is 22.5 Å². The Morgan fingerprint density at radius 2 is 2.12 bits per heavy atom. The van der Waals surface area contributed by atoms with Gasteiger partial charge in [0.1, 0.15) is 17.1 Å². The Hall–Kier alpha value is -2.23. The van der Waals surface area contributed by atoms with E-state index in [0.29, 0.717) is 11.7 Å². The molecule has 0 radical (unpaired) electrons. The van der Waals surface area contributed by atoms with Gasteiger partial charge in [0, 0.05) is 6.07 Å². The topological polar surface area (TPSA) is 48.4 Å². The average Bonchev–Trinajstić information content (AvgIpc) is 2.93. The number of methoxy groups -OCH3 is 1. The Kier molecular flexibility index (Phi) is 2.14. The molecule has 0 saturated carbocycles. The van der Waals surface area contributed by atoms with Crippen molar-refractivity contribution in [2.24, 2.45) is 0 Å². The summed E-state index contributed by atoms with van der Waals surface area (Å²) in [6.45, 7) is 1.85. The van der Waals surface area contributed by atoms with Crippen LogP contribution < -0.4 is 4.74 Å². The summed E-state index contributed by atoms with van der Waals surface area (Å²) in [7, 11) is 1.64. The lowest BCUT2D eigenvalue weighted by atomic mass is 10.2. The van der Waals surface area contributed by atoms with Crippen molar-refractivity contribution in [1.82, 2.24) is 4.98 Å². The summed E-state index contributed by atoms with van der Waals surface area (Å²) in [6, 6.07) is 7.54. The maximum Gasteiger partial charge on any atom is 0.263 e. The van der Waals surface area contributed by atoms with Gasteiger partial charge >= 0.3 is 0 Å². The van der Waals surface area contributed by atoms with Crippen molar-refractivity contribution in [3.8, 4) is 17.4 Å². The smallest absolute Gasteiger partial charge is 0.263 e. The van der Waals surface area contributed by atoms with Crippen LogP contribution in [0.1, 0.15) is 5.76 Å². The molecule has 0 unspecified atom stereocenters. The number of aromatic nitrogens is 1. The van der Waals surface area contributed by atoms with Crippen LogP contribution in [0, 0.1) is 6.92 Å². The van der Waals surface area contributed by atoms with Gasteiger partial charge < -0.3 is 13.6 Å². The largest absolute Gasteiger partial charge is 0.496 e. The molecule has 2 heterocycles. The maximum absolute atomic E-state index is 5.67. The van der Waals surface area contributed by atoms with Crippen molar-refractivity contribution >= 4 is 11.0 Å². The fourth-order valence-electron chi connectivity index (χ4n) is 1.79. The number of aryl methyl sites for hydroxylation is 1. The summed E-state index contributed by atoms with van der Waals surface area (Å²) < 4.78 is 16.4. The Bertz CT molecular complexity index is 666. The number of benzene rings is 1. The summed E-state index contributed by atoms with van der Waals surface area (Å²) >= 11 is 0. The first kappa shape index (κ1) is 9.96. The minimum absolute atomic E-state index is 0.487. The predicted molar refractivity (Wildman–Crippen MR) is 63.0 cm³/mol. The Balaban J connectivity index is 2.19. The fraction of sp³-hybridized carbons (Fsp3) is 0.154. The SMILES string of the molecule is COc1cccc2oc(-c3ncc(C)o3)cc12. The Labute approximate surface area is 97.8 Å². The highest BCUT2D eigenvalue weighted by Gasteiger charge is 2.13. The van der Waals surface area contributed by atoms with Crippen molar-refractivity contribution in [3.05, 3.63) is 36.2 Å². The number of hydrogen-bond acceptors (Lipinski definition) is 4. The molecule has 0 aliphatic rings. The first-order valence-corrected chi connectivity index (χ1v) is 5.27. The number of hydrogen-bond donors (Lipinski definition) is 0. The fourth-order valence-corrected chi connectivity index (χ4v) is 1.79. The molecule has 4 nitrogen and oxygen atoms in total. The Morgan fingerprint density at radius 3 is 2.82 bits per heavy atom. The molecule has 3 rings (SSSR count). The first-order chi connectivity index (χ1) is 8.28. The molecule has 0 saturated heterocycles. The molecule has 86 valence electrons. The van der Waals surface area contributed by atoms with Gasteiger partial charge in [-0.15, -0.1) is 0 Å². The van der Waals surface area contributed by atoms with Gasteiger partial charge in [-0.25, -0.2) is 4.98 Å². The summed E-state index contributed by atoms with van der Waals surface area (Å²) in [5.41, 5.74) is 0.759. The molecule has 0 aliphatic carbocycles. The molecule has 0 fully saturated rings. The minimum Gasteiger partial charge on any atom is -0.496 e. The lowest BCUT2D eigenvalue weighted by Crippen LogP contribution is -1.81. The number of furan rings is 1. The molecule has 0 spiro atoms. The second-order valence-corrected chi connectivity index (χ2v) is 3.76. The van der Waals surface area contributed by atoms with E-state index >= 15 is 0 Å². The highest BCUT2D eigenvalue weighted by atomic mass is 16.5. The lowest BCUT2D eigenvalue weighted by Gasteiger charge is -1.98. The second kappa shape index (κ2) is 3.66. The highest BCUT2D eigenvalue weighted by molar-refractivity contribution is 5.87. The average molecular weight is 229 g/mol. The summed E-state index contributed by atoms with van der Waals surface area (Å²) in [6.07, 6.45) is 1.67. The van der Waals surface area contributed by atoms with E-state index in [2.05, 4.69) is 4.98 Å². The zero-order valence-electron chi connectivity index (χ0n) is 9.56.